The van der Waals surface area contributed by atoms with Crippen LogP contribution in [0.4, 0.5) is 0 Å². The maximum Gasteiger partial charge on any atom is 0.134 e. The van der Waals surface area contributed by atoms with Gasteiger partial charge in [-0.2, -0.15) is 0 Å². The first-order chi connectivity index (χ1) is 5.92. The van der Waals surface area contributed by atoms with Gasteiger partial charge in [0.25, 0.3) is 0 Å². The predicted octanol–water partition coefficient (Wildman–Crippen LogP) is 3.22. The number of furan rings is 1. The molecule has 1 aromatic heterocycles. The highest BCUT2D eigenvalue weighted by Gasteiger charge is 2.02. The van der Waals surface area contributed by atoms with Crippen LogP contribution in [-0.4, -0.2) is 5.88 Å². The average Bonchev–Trinajstić information content (AvgIpc) is 2.50. The standard InChI is InChI=1S/C10H8ClO/c11-6-5-8-7-12-10-4-2-1-3-9(8)10/h1-5,7H,6H2. The van der Waals surface area contributed by atoms with Crippen LogP contribution in [0.1, 0.15) is 5.56 Å². The van der Waals surface area contributed by atoms with Crippen LogP contribution in [0.2, 0.25) is 0 Å². The molecule has 61 valence electrons. The lowest BCUT2D eigenvalue weighted by Crippen LogP contribution is -1.78. The third kappa shape index (κ3) is 1.21. The van der Waals surface area contributed by atoms with Gasteiger partial charge in [-0.1, -0.05) is 18.2 Å². The Kier molecular flexibility index (Phi) is 2.05. The third-order valence-corrected chi connectivity index (χ3v) is 1.96. The SMILES string of the molecule is ClC[CH]c1coc2ccccc12. The van der Waals surface area contributed by atoms with Crippen molar-refractivity contribution in [1.29, 1.82) is 0 Å². The molecule has 2 heteroatoms. The lowest BCUT2D eigenvalue weighted by molar-refractivity contribution is 0.613. The Labute approximate surface area is 75.9 Å². The van der Waals surface area contributed by atoms with Gasteiger partial charge in [0.15, 0.2) is 0 Å². The molecule has 1 aromatic carbocycles. The monoisotopic (exact) mass is 179 g/mol. The van der Waals surface area contributed by atoms with E-state index in [0.717, 1.165) is 16.5 Å². The highest BCUT2D eigenvalue weighted by Crippen LogP contribution is 2.21. The Morgan fingerprint density at radius 2 is 2.17 bits per heavy atom. The van der Waals surface area contributed by atoms with Gasteiger partial charge in [0, 0.05) is 23.3 Å². The average molecular weight is 180 g/mol. The van der Waals surface area contributed by atoms with E-state index in [4.69, 9.17) is 16.0 Å². The maximum absolute atomic E-state index is 5.60. The first kappa shape index (κ1) is 7.69. The lowest BCUT2D eigenvalue weighted by atomic mass is 10.1. The molecule has 0 bridgehead atoms. The number of halogens is 1. The highest BCUT2D eigenvalue weighted by atomic mass is 35.5. The molecule has 0 aliphatic heterocycles. The van der Waals surface area contributed by atoms with Crippen molar-refractivity contribution in [3.63, 3.8) is 0 Å². The second-order valence-corrected chi connectivity index (χ2v) is 2.85. The second-order valence-electron chi connectivity index (χ2n) is 2.55. The Bertz CT molecular complexity index is 378. The van der Waals surface area contributed by atoms with Gasteiger partial charge in [-0.25, -0.2) is 0 Å². The molecule has 0 aliphatic rings. The molecule has 0 atom stereocenters. The molecule has 0 unspecified atom stereocenters. The van der Waals surface area contributed by atoms with Crippen LogP contribution in [0.25, 0.3) is 11.0 Å². The van der Waals surface area contributed by atoms with Gasteiger partial charge in [0.1, 0.15) is 5.58 Å². The Hall–Kier alpha value is -0.950. The normalized spacial score (nSPS) is 10.8. The summed E-state index contributed by atoms with van der Waals surface area (Å²) in [6.45, 7) is 0. The van der Waals surface area contributed by atoms with Crippen molar-refractivity contribution in [1.82, 2.24) is 0 Å². The van der Waals surface area contributed by atoms with Crippen molar-refractivity contribution in [3.8, 4) is 0 Å². The van der Waals surface area contributed by atoms with Crippen molar-refractivity contribution < 1.29 is 4.42 Å². The number of rotatable bonds is 2. The molecule has 1 heterocycles. The quantitative estimate of drug-likeness (QED) is 0.646. The predicted molar refractivity (Wildman–Crippen MR) is 50.3 cm³/mol. The molecular weight excluding hydrogens is 172 g/mol. The molecule has 1 nitrogen and oxygen atoms in total. The molecule has 2 rings (SSSR count). The van der Waals surface area contributed by atoms with E-state index in [1.54, 1.807) is 6.26 Å². The van der Waals surface area contributed by atoms with Crippen LogP contribution in [-0.2, 0) is 0 Å². The van der Waals surface area contributed by atoms with E-state index in [-0.39, 0.29) is 0 Å². The largest absolute Gasteiger partial charge is 0.464 e. The van der Waals surface area contributed by atoms with E-state index in [0.29, 0.717) is 5.88 Å². The molecular formula is C10H8ClO. The van der Waals surface area contributed by atoms with Gasteiger partial charge in [0.05, 0.1) is 6.26 Å². The van der Waals surface area contributed by atoms with E-state index < -0.39 is 0 Å². The van der Waals surface area contributed by atoms with E-state index in [9.17, 15) is 0 Å². The zero-order valence-corrected chi connectivity index (χ0v) is 7.21. The fraction of sp³-hybridized carbons (Fsp3) is 0.100. The summed E-state index contributed by atoms with van der Waals surface area (Å²) in [5.74, 6) is 0.517. The third-order valence-electron chi connectivity index (χ3n) is 1.81. The molecule has 0 saturated heterocycles. The van der Waals surface area contributed by atoms with Crippen LogP contribution in [0, 0.1) is 6.42 Å². The molecule has 0 N–H and O–H groups in total. The summed E-state index contributed by atoms with van der Waals surface area (Å²) in [5, 5.41) is 1.12. The summed E-state index contributed by atoms with van der Waals surface area (Å²) >= 11 is 5.60. The Morgan fingerprint density at radius 1 is 1.33 bits per heavy atom. The minimum Gasteiger partial charge on any atom is -0.464 e. The number of benzene rings is 1. The second kappa shape index (κ2) is 3.20. The highest BCUT2D eigenvalue weighted by molar-refractivity contribution is 6.19. The van der Waals surface area contributed by atoms with Gasteiger partial charge in [-0.15, -0.1) is 11.6 Å². The minimum atomic E-state index is 0.517. The molecule has 0 saturated carbocycles. The number of alkyl halides is 1. The number of fused-ring (bicyclic) bond motifs is 1. The fourth-order valence-corrected chi connectivity index (χ4v) is 1.41. The van der Waals surface area contributed by atoms with Crippen LogP contribution in [0.5, 0.6) is 0 Å². The summed E-state index contributed by atoms with van der Waals surface area (Å²) < 4.78 is 5.31. The molecule has 0 fully saturated rings. The fourth-order valence-electron chi connectivity index (χ4n) is 1.24. The molecule has 12 heavy (non-hydrogen) atoms. The van der Waals surface area contributed by atoms with Crippen LogP contribution < -0.4 is 0 Å². The van der Waals surface area contributed by atoms with Gasteiger partial charge in [-0.05, 0) is 6.07 Å². The maximum atomic E-state index is 5.60. The van der Waals surface area contributed by atoms with Crippen molar-refractivity contribution in [3.05, 3.63) is 42.5 Å². The van der Waals surface area contributed by atoms with Gasteiger partial charge >= 0.3 is 0 Å². The van der Waals surface area contributed by atoms with E-state index in [1.165, 1.54) is 0 Å². The van der Waals surface area contributed by atoms with Gasteiger partial charge in [0.2, 0.25) is 0 Å². The molecule has 1 radical (unpaired) electrons. The van der Waals surface area contributed by atoms with Gasteiger partial charge < -0.3 is 4.42 Å². The smallest absolute Gasteiger partial charge is 0.134 e. The van der Waals surface area contributed by atoms with E-state index in [2.05, 4.69) is 0 Å². The molecule has 0 spiro atoms. The van der Waals surface area contributed by atoms with Crippen LogP contribution >= 0.6 is 11.6 Å². The number of hydrogen-bond acceptors (Lipinski definition) is 1. The first-order valence-corrected chi connectivity index (χ1v) is 4.30. The lowest BCUT2D eigenvalue weighted by Gasteiger charge is -1.90. The zero-order valence-electron chi connectivity index (χ0n) is 6.46. The topological polar surface area (TPSA) is 13.1 Å². The van der Waals surface area contributed by atoms with Gasteiger partial charge in [-0.3, -0.25) is 0 Å². The summed E-state index contributed by atoms with van der Waals surface area (Å²) in [5.41, 5.74) is 1.98. The van der Waals surface area contributed by atoms with Crippen molar-refractivity contribution >= 4 is 22.6 Å². The molecule has 0 aliphatic carbocycles. The van der Waals surface area contributed by atoms with E-state index >= 15 is 0 Å². The number of hydrogen-bond donors (Lipinski definition) is 0. The summed E-state index contributed by atoms with van der Waals surface area (Å²) in [6.07, 6.45) is 3.67. The van der Waals surface area contributed by atoms with E-state index in [1.807, 2.05) is 30.7 Å². The van der Waals surface area contributed by atoms with Crippen LogP contribution in [0.15, 0.2) is 34.9 Å². The zero-order chi connectivity index (χ0) is 8.39. The molecule has 2 aromatic rings. The minimum absolute atomic E-state index is 0.517. The summed E-state index contributed by atoms with van der Waals surface area (Å²) in [6, 6.07) is 7.91. The Balaban J connectivity index is 2.55. The summed E-state index contributed by atoms with van der Waals surface area (Å²) in [4.78, 5) is 0. The van der Waals surface area contributed by atoms with Crippen LogP contribution in [0.3, 0.4) is 0 Å². The molecule has 0 amide bonds. The first-order valence-electron chi connectivity index (χ1n) is 3.77. The summed E-state index contributed by atoms with van der Waals surface area (Å²) in [7, 11) is 0. The van der Waals surface area contributed by atoms with Crippen molar-refractivity contribution in [2.24, 2.45) is 0 Å². The van der Waals surface area contributed by atoms with Crippen molar-refractivity contribution in [2.45, 2.75) is 0 Å². The number of para-hydroxylation sites is 1. The Morgan fingerprint density at radius 3 is 3.00 bits per heavy atom. The van der Waals surface area contributed by atoms with Crippen molar-refractivity contribution in [2.75, 3.05) is 5.88 Å².